The smallest absolute Gasteiger partial charge is 0.491 e. The molecule has 0 spiro atoms. The Balaban J connectivity index is -0.000000902. The second-order valence-electron chi connectivity index (χ2n) is 2.73. The summed E-state index contributed by atoms with van der Waals surface area (Å²) < 4.78 is 0. The molecule has 0 aliphatic carbocycles. The predicted octanol–water partition coefficient (Wildman–Crippen LogP) is -1.85. The lowest BCUT2D eigenvalue weighted by molar-refractivity contribution is -0.394. The Morgan fingerprint density at radius 3 is 1.23 bits per heavy atom. The molecule has 2 aromatic heterocycles. The fourth-order valence-electron chi connectivity index (χ4n) is 1.00. The van der Waals surface area contributed by atoms with Crippen molar-refractivity contribution in [1.29, 1.82) is 0 Å². The van der Waals surface area contributed by atoms with Crippen LogP contribution < -0.4 is 12.3 Å². The molecule has 22 heavy (non-hydrogen) atoms. The first-order valence-electron chi connectivity index (χ1n) is 3.98. The van der Waals surface area contributed by atoms with Gasteiger partial charge in [-0.2, -0.15) is 9.69 Å². The zero-order valence-corrected chi connectivity index (χ0v) is 11.0. The van der Waals surface area contributed by atoms with Crippen molar-refractivity contribution in [3.05, 3.63) is 30.6 Å². The molecule has 126 valence electrons. The molecule has 18 nitrogen and oxygen atoms in total. The van der Waals surface area contributed by atoms with Crippen molar-refractivity contribution < 1.29 is 20.8 Å². The first-order chi connectivity index (χ1) is 8.40. The van der Waals surface area contributed by atoms with E-state index in [0.717, 1.165) is 0 Å². The highest BCUT2D eigenvalue weighted by Gasteiger charge is 2.28. The van der Waals surface area contributed by atoms with Crippen molar-refractivity contribution in [2.24, 2.45) is 0 Å². The average molecular weight is 328 g/mol. The van der Waals surface area contributed by atoms with E-state index in [1.807, 2.05) is 0 Å². The molecule has 0 saturated heterocycles. The zero-order valence-electron chi connectivity index (χ0n) is 11.0. The first kappa shape index (κ1) is 23.6. The lowest BCUT2D eigenvalue weighted by atomic mass is 10.6. The summed E-state index contributed by atoms with van der Waals surface area (Å²) >= 11 is 0. The SMILES string of the molecule is O.O.O=[N+]([O-])c1nc(-c2nc([N+](=O)[O-])nn2[O-])n([O-])n1.[NH4+].[NH4+]. The Kier molecular flexibility index (Phi) is 8.53. The Bertz CT molecular complexity index is 591. The molecule has 2 rings (SSSR count). The molecule has 0 unspecified atom stereocenters. The van der Waals surface area contributed by atoms with Crippen LogP contribution >= 0.6 is 0 Å². The second kappa shape index (κ2) is 7.95. The molecule has 18 heteroatoms. The normalized spacial score (nSPS) is 8.55. The van der Waals surface area contributed by atoms with E-state index in [2.05, 4.69) is 20.2 Å². The van der Waals surface area contributed by atoms with Crippen LogP contribution in [-0.2, 0) is 0 Å². The molecule has 0 bridgehead atoms. The van der Waals surface area contributed by atoms with Gasteiger partial charge in [-0.15, -0.1) is 0 Å². The summed E-state index contributed by atoms with van der Waals surface area (Å²) in [7, 11) is 0. The average Bonchev–Trinajstić information content (AvgIpc) is 2.82. The molecule has 0 aromatic carbocycles. The van der Waals surface area contributed by atoms with Crippen molar-refractivity contribution in [1.82, 2.24) is 42.2 Å². The second-order valence-corrected chi connectivity index (χ2v) is 2.73. The topological polar surface area (TPSA) is 330 Å². The number of nitro groups is 2. The molecule has 0 saturated carbocycles. The van der Waals surface area contributed by atoms with E-state index in [0.29, 0.717) is 0 Å². The number of nitrogens with zero attached hydrogens (tertiary/aromatic N) is 8. The molecule has 0 atom stereocenters. The number of rotatable bonds is 3. The fraction of sp³-hybridized carbons (Fsp3) is 0. The van der Waals surface area contributed by atoms with Crippen molar-refractivity contribution >= 4 is 11.9 Å². The largest absolute Gasteiger partial charge is 0.776 e. The van der Waals surface area contributed by atoms with Gasteiger partial charge in [-0.25, -0.2) is 0 Å². The Labute approximate surface area is 118 Å². The van der Waals surface area contributed by atoms with Gasteiger partial charge >= 0.3 is 23.5 Å². The summed E-state index contributed by atoms with van der Waals surface area (Å²) in [6.45, 7) is 0. The van der Waals surface area contributed by atoms with E-state index in [-0.39, 0.29) is 32.9 Å². The molecular formula is C4H12N10O8. The number of hydrogen-bond donors (Lipinski definition) is 2. The van der Waals surface area contributed by atoms with Gasteiger partial charge in [0, 0.05) is 10.2 Å². The molecular weight excluding hydrogens is 316 g/mol. The Morgan fingerprint density at radius 2 is 1.05 bits per heavy atom. The van der Waals surface area contributed by atoms with Gasteiger partial charge in [0.05, 0.1) is 0 Å². The van der Waals surface area contributed by atoms with Crippen LogP contribution in [0.1, 0.15) is 0 Å². The van der Waals surface area contributed by atoms with Crippen LogP contribution in [0.15, 0.2) is 0 Å². The number of quaternary nitrogens is 2. The minimum Gasteiger partial charge on any atom is -0.776 e. The summed E-state index contributed by atoms with van der Waals surface area (Å²) in [5.41, 5.74) is 0. The molecule has 0 radical (unpaired) electrons. The van der Waals surface area contributed by atoms with Gasteiger partial charge in [0.25, 0.3) is 0 Å². The van der Waals surface area contributed by atoms with Crippen LogP contribution in [0.3, 0.4) is 0 Å². The monoisotopic (exact) mass is 328 g/mol. The summed E-state index contributed by atoms with van der Waals surface area (Å²) in [5, 5.41) is 48.5. The van der Waals surface area contributed by atoms with Crippen molar-refractivity contribution in [3.8, 4) is 11.6 Å². The van der Waals surface area contributed by atoms with Gasteiger partial charge in [-0.05, 0) is 19.8 Å². The maximum Gasteiger partial charge on any atom is 0.491 e. The predicted molar refractivity (Wildman–Crippen MR) is 69.1 cm³/mol. The lowest BCUT2D eigenvalue weighted by Gasteiger charge is -2.01. The lowest BCUT2D eigenvalue weighted by Crippen LogP contribution is -1.99. The van der Waals surface area contributed by atoms with E-state index >= 15 is 0 Å². The standard InChI is InChI=1S/C4N8O6.2H3N.2H2O/c13-9-1(5-3(7-9)11(15)16)2-6-4(12(17)18)8-10(2)14;;;;/h;2*1H3;2*1H2/q-2;;;;/p+2. The molecule has 0 aliphatic heterocycles. The highest BCUT2D eigenvalue weighted by molar-refractivity contribution is 5.47. The van der Waals surface area contributed by atoms with Crippen molar-refractivity contribution in [2.75, 3.05) is 0 Å². The summed E-state index contributed by atoms with van der Waals surface area (Å²) in [5.74, 6) is -3.83. The van der Waals surface area contributed by atoms with Gasteiger partial charge in [0.15, 0.2) is 0 Å². The Hall–Kier alpha value is -3.48. The maximum absolute atomic E-state index is 11.1. The van der Waals surface area contributed by atoms with E-state index < -0.39 is 33.4 Å². The summed E-state index contributed by atoms with van der Waals surface area (Å²) in [6, 6.07) is 0. The van der Waals surface area contributed by atoms with Gasteiger partial charge in [0.2, 0.25) is 0 Å². The van der Waals surface area contributed by atoms with Crippen LogP contribution in [0.2, 0.25) is 0 Å². The van der Waals surface area contributed by atoms with Gasteiger partial charge < -0.3 is 53.9 Å². The van der Waals surface area contributed by atoms with E-state index in [9.17, 15) is 30.6 Å². The summed E-state index contributed by atoms with van der Waals surface area (Å²) in [6.07, 6.45) is 0. The third-order valence-electron chi connectivity index (χ3n) is 1.66. The van der Waals surface area contributed by atoms with Gasteiger partial charge in [-0.3, -0.25) is 0 Å². The van der Waals surface area contributed by atoms with Crippen LogP contribution in [0.5, 0.6) is 0 Å². The van der Waals surface area contributed by atoms with Crippen LogP contribution in [-0.4, -0.2) is 50.7 Å². The van der Waals surface area contributed by atoms with E-state index in [1.54, 1.807) is 0 Å². The zero-order chi connectivity index (χ0) is 13.4. The van der Waals surface area contributed by atoms with Crippen LogP contribution in [0.25, 0.3) is 11.6 Å². The summed E-state index contributed by atoms with van der Waals surface area (Å²) in [4.78, 5) is 24.0. The van der Waals surface area contributed by atoms with Crippen molar-refractivity contribution in [3.63, 3.8) is 0 Å². The quantitative estimate of drug-likeness (QED) is 0.467. The number of aromatic nitrogens is 6. The maximum atomic E-state index is 11.1. The third-order valence-corrected chi connectivity index (χ3v) is 1.66. The third kappa shape index (κ3) is 3.76. The number of hydrogen-bond acceptors (Lipinski definition) is 10. The highest BCUT2D eigenvalue weighted by atomic mass is 16.6. The van der Waals surface area contributed by atoms with Crippen LogP contribution in [0, 0.1) is 30.6 Å². The first-order valence-corrected chi connectivity index (χ1v) is 3.98. The molecule has 0 fully saturated rings. The minimum atomic E-state index is -1.07. The molecule has 0 aliphatic rings. The van der Waals surface area contributed by atoms with Gasteiger partial charge in [0.1, 0.15) is 0 Å². The van der Waals surface area contributed by atoms with E-state index in [4.69, 9.17) is 0 Å². The fourth-order valence-corrected chi connectivity index (χ4v) is 1.00. The molecule has 0 amide bonds. The minimum absolute atomic E-state index is 0. The van der Waals surface area contributed by atoms with Crippen molar-refractivity contribution in [2.45, 2.75) is 0 Å². The molecule has 2 heterocycles. The Morgan fingerprint density at radius 1 is 0.773 bits per heavy atom. The highest BCUT2D eigenvalue weighted by Crippen LogP contribution is 2.19. The molecule has 12 N–H and O–H groups in total. The molecule has 2 aromatic rings. The van der Waals surface area contributed by atoms with Crippen LogP contribution in [0.4, 0.5) is 11.9 Å². The van der Waals surface area contributed by atoms with Gasteiger partial charge in [-0.1, -0.05) is 0 Å². The van der Waals surface area contributed by atoms with E-state index in [1.165, 1.54) is 0 Å².